The van der Waals surface area contributed by atoms with Crippen LogP contribution >= 0.6 is 11.8 Å². The zero-order valence-electron chi connectivity index (χ0n) is 17.0. The van der Waals surface area contributed by atoms with Gasteiger partial charge in [-0.05, 0) is 62.1 Å². The molecule has 2 aromatic rings. The summed E-state index contributed by atoms with van der Waals surface area (Å²) < 4.78 is 5.52. The Balaban J connectivity index is 1.57. The van der Waals surface area contributed by atoms with Gasteiger partial charge in [-0.25, -0.2) is 0 Å². The molecule has 2 aromatic carbocycles. The van der Waals surface area contributed by atoms with Gasteiger partial charge in [-0.15, -0.1) is 11.8 Å². The van der Waals surface area contributed by atoms with Crippen molar-refractivity contribution < 1.29 is 4.74 Å². The van der Waals surface area contributed by atoms with E-state index in [4.69, 9.17) is 4.74 Å². The lowest BCUT2D eigenvalue weighted by atomic mass is 10.0. The topological polar surface area (TPSA) is 24.5 Å². The third-order valence-corrected chi connectivity index (χ3v) is 6.65. The number of anilines is 2. The van der Waals surface area contributed by atoms with Gasteiger partial charge in [0.05, 0.1) is 12.8 Å². The third-order valence-electron chi connectivity index (χ3n) is 5.39. The highest BCUT2D eigenvalue weighted by molar-refractivity contribution is 7.99. The van der Waals surface area contributed by atoms with E-state index in [2.05, 4.69) is 61.3 Å². The maximum Gasteiger partial charge on any atom is 0.142 e. The number of thioether (sulfide) groups is 1. The van der Waals surface area contributed by atoms with Crippen LogP contribution in [0.2, 0.25) is 0 Å². The van der Waals surface area contributed by atoms with E-state index < -0.39 is 0 Å². The number of hydrogen-bond acceptors (Lipinski definition) is 4. The van der Waals surface area contributed by atoms with Gasteiger partial charge in [0, 0.05) is 35.0 Å². The van der Waals surface area contributed by atoms with Crippen LogP contribution in [0.15, 0.2) is 47.4 Å². The van der Waals surface area contributed by atoms with Crippen molar-refractivity contribution in [3.8, 4) is 5.75 Å². The van der Waals surface area contributed by atoms with Gasteiger partial charge in [-0.3, -0.25) is 0 Å². The predicted molar refractivity (Wildman–Crippen MR) is 119 cm³/mol. The van der Waals surface area contributed by atoms with Crippen LogP contribution < -0.4 is 15.0 Å². The van der Waals surface area contributed by atoms with E-state index in [1.165, 1.54) is 28.3 Å². The first-order valence-corrected chi connectivity index (χ1v) is 10.9. The number of para-hydroxylation sites is 2. The summed E-state index contributed by atoms with van der Waals surface area (Å²) in [5.74, 6) is 0.967. The Labute approximate surface area is 168 Å². The van der Waals surface area contributed by atoms with Crippen molar-refractivity contribution in [1.29, 1.82) is 0 Å². The van der Waals surface area contributed by atoms with Crippen molar-refractivity contribution in [1.82, 2.24) is 0 Å². The maximum absolute atomic E-state index is 5.52. The molecule has 0 amide bonds. The summed E-state index contributed by atoms with van der Waals surface area (Å²) in [4.78, 5) is 3.81. The Bertz CT molecular complexity index is 741. The zero-order valence-corrected chi connectivity index (χ0v) is 17.8. The molecule has 3 nitrogen and oxygen atoms in total. The molecule has 0 spiro atoms. The molecule has 0 radical (unpaired) electrons. The largest absolute Gasteiger partial charge is 0.495 e. The second-order valence-corrected chi connectivity index (χ2v) is 8.90. The fraction of sp³-hybridized carbons (Fsp3) is 0.478. The van der Waals surface area contributed by atoms with Crippen molar-refractivity contribution in [2.45, 2.75) is 56.2 Å². The Morgan fingerprint density at radius 2 is 1.93 bits per heavy atom. The average molecular weight is 385 g/mol. The van der Waals surface area contributed by atoms with Gasteiger partial charge in [0.25, 0.3) is 0 Å². The molecule has 1 heterocycles. The van der Waals surface area contributed by atoms with Gasteiger partial charge in [-0.2, -0.15) is 0 Å². The molecular formula is C23H32N2OS. The predicted octanol–water partition coefficient (Wildman–Crippen LogP) is 5.98. The van der Waals surface area contributed by atoms with Gasteiger partial charge in [0.1, 0.15) is 5.75 Å². The van der Waals surface area contributed by atoms with Crippen LogP contribution in [0.5, 0.6) is 5.75 Å². The van der Waals surface area contributed by atoms with E-state index in [1.807, 2.05) is 23.9 Å². The number of ether oxygens (including phenoxy) is 1. The third kappa shape index (κ3) is 5.13. The van der Waals surface area contributed by atoms with Gasteiger partial charge < -0.3 is 15.0 Å². The van der Waals surface area contributed by atoms with Crippen molar-refractivity contribution >= 4 is 23.1 Å². The monoisotopic (exact) mass is 384 g/mol. The number of nitrogens with zero attached hydrogens (tertiary/aromatic N) is 1. The normalized spacial score (nSPS) is 16.2. The van der Waals surface area contributed by atoms with Crippen molar-refractivity contribution in [2.75, 3.05) is 30.4 Å². The summed E-state index contributed by atoms with van der Waals surface area (Å²) in [5.41, 5.74) is 3.83. The fourth-order valence-corrected chi connectivity index (χ4v) is 4.59. The molecule has 3 rings (SSSR count). The fourth-order valence-electron chi connectivity index (χ4n) is 3.56. The lowest BCUT2D eigenvalue weighted by Gasteiger charge is -2.35. The molecule has 1 aliphatic heterocycles. The summed E-state index contributed by atoms with van der Waals surface area (Å²) in [5, 5.41) is 4.45. The number of methoxy groups -OCH3 is 1. The van der Waals surface area contributed by atoms with Crippen molar-refractivity contribution in [3.63, 3.8) is 0 Å². The van der Waals surface area contributed by atoms with E-state index in [0.29, 0.717) is 11.3 Å². The van der Waals surface area contributed by atoms with Crippen LogP contribution in [0.3, 0.4) is 0 Å². The lowest BCUT2D eigenvalue weighted by Crippen LogP contribution is -2.39. The van der Waals surface area contributed by atoms with E-state index in [9.17, 15) is 0 Å². The highest BCUT2D eigenvalue weighted by Gasteiger charge is 2.21. The molecular weight excluding hydrogens is 352 g/mol. The number of nitrogens with one attached hydrogen (secondary N) is 1. The molecule has 0 aromatic heterocycles. The van der Waals surface area contributed by atoms with Gasteiger partial charge in [0.15, 0.2) is 0 Å². The summed E-state index contributed by atoms with van der Waals surface area (Å²) in [6.45, 7) is 8.87. The summed E-state index contributed by atoms with van der Waals surface area (Å²) in [7, 11) is 1.75. The number of benzene rings is 2. The van der Waals surface area contributed by atoms with Crippen LogP contribution in [-0.4, -0.2) is 31.5 Å². The second-order valence-electron chi connectivity index (χ2n) is 7.39. The molecule has 1 N–H and O–H groups in total. The van der Waals surface area contributed by atoms with E-state index in [1.54, 1.807) is 7.11 Å². The first-order valence-electron chi connectivity index (χ1n) is 10.0. The Morgan fingerprint density at radius 3 is 2.59 bits per heavy atom. The molecule has 0 bridgehead atoms. The molecule has 1 fully saturated rings. The number of hydrogen-bond donors (Lipinski definition) is 1. The van der Waals surface area contributed by atoms with Crippen LogP contribution in [-0.2, 0) is 0 Å². The molecule has 4 heteroatoms. The minimum Gasteiger partial charge on any atom is -0.495 e. The minimum atomic E-state index is 0.530. The van der Waals surface area contributed by atoms with Crippen LogP contribution in [0.25, 0.3) is 0 Å². The van der Waals surface area contributed by atoms with Gasteiger partial charge in [-0.1, -0.05) is 26.0 Å². The molecule has 1 atom stereocenters. The van der Waals surface area contributed by atoms with Crippen molar-refractivity contribution in [2.24, 2.45) is 0 Å². The summed E-state index contributed by atoms with van der Waals surface area (Å²) in [6.07, 6.45) is 3.48. The molecule has 0 saturated carbocycles. The minimum absolute atomic E-state index is 0.530. The number of aryl methyl sites for hydroxylation is 1. The van der Waals surface area contributed by atoms with Gasteiger partial charge in [0.2, 0.25) is 0 Å². The lowest BCUT2D eigenvalue weighted by molar-refractivity contribution is 0.411. The van der Waals surface area contributed by atoms with Crippen LogP contribution in [0, 0.1) is 6.92 Å². The van der Waals surface area contributed by atoms with Crippen LogP contribution in [0.1, 0.15) is 38.7 Å². The van der Waals surface area contributed by atoms with E-state index in [-0.39, 0.29) is 0 Å². The van der Waals surface area contributed by atoms with E-state index >= 15 is 0 Å². The molecule has 1 saturated heterocycles. The molecule has 1 unspecified atom stereocenters. The average Bonchev–Trinajstić information content (AvgIpc) is 2.70. The molecule has 27 heavy (non-hydrogen) atoms. The van der Waals surface area contributed by atoms with Gasteiger partial charge >= 0.3 is 0 Å². The smallest absolute Gasteiger partial charge is 0.142 e. The van der Waals surface area contributed by atoms with Crippen molar-refractivity contribution in [3.05, 3.63) is 48.0 Å². The molecule has 146 valence electrons. The second kappa shape index (κ2) is 9.41. The number of rotatable bonds is 7. The number of piperidine rings is 1. The Hall–Kier alpha value is -1.81. The standard InChI is InChI=1S/C23H32N2OS/c1-5-18(3)27-20-10-11-21(17(2)16-20)24-19-12-14-25(15-13-19)22-8-6-7-9-23(22)26-4/h6-11,16,18-19,24H,5,12-15H2,1-4H3. The summed E-state index contributed by atoms with van der Waals surface area (Å²) >= 11 is 1.97. The zero-order chi connectivity index (χ0) is 19.2. The first kappa shape index (κ1) is 19.9. The highest BCUT2D eigenvalue weighted by atomic mass is 32.2. The Kier molecular flexibility index (Phi) is 6.95. The SMILES string of the molecule is CCC(C)Sc1ccc(NC2CCN(c3ccccc3OC)CC2)c(C)c1. The molecule has 1 aliphatic rings. The maximum atomic E-state index is 5.52. The molecule has 0 aliphatic carbocycles. The van der Waals surface area contributed by atoms with Crippen LogP contribution in [0.4, 0.5) is 11.4 Å². The van der Waals surface area contributed by atoms with E-state index in [0.717, 1.165) is 31.7 Å². The quantitative estimate of drug-likeness (QED) is 0.594. The summed E-state index contributed by atoms with van der Waals surface area (Å²) in [6, 6.07) is 15.7. The Morgan fingerprint density at radius 1 is 1.19 bits per heavy atom. The first-order chi connectivity index (χ1) is 13.1. The highest BCUT2D eigenvalue weighted by Crippen LogP contribution is 2.32.